The van der Waals surface area contributed by atoms with Crippen molar-refractivity contribution in [1.82, 2.24) is 29.7 Å². The van der Waals surface area contributed by atoms with Gasteiger partial charge in [0.25, 0.3) is 6.47 Å². The number of methoxy groups -OCH3 is 1. The van der Waals surface area contributed by atoms with E-state index in [1.54, 1.807) is 0 Å². The lowest BCUT2D eigenvalue weighted by Gasteiger charge is -2.25. The fourth-order valence-corrected chi connectivity index (χ4v) is 9.75. The lowest BCUT2D eigenvalue weighted by Crippen LogP contribution is -2.40. The molecule has 0 spiro atoms. The molecule has 2 saturated carbocycles. The molecule has 18 heteroatoms. The van der Waals surface area contributed by atoms with Gasteiger partial charge in [0.2, 0.25) is 0 Å². The van der Waals surface area contributed by atoms with Gasteiger partial charge < -0.3 is 60.5 Å². The van der Waals surface area contributed by atoms with E-state index in [2.05, 4.69) is 92.5 Å². The van der Waals surface area contributed by atoms with Crippen LogP contribution in [0.15, 0.2) is 65.3 Å². The SMILES string of the molecule is CC.CN.CN1[C@@H]2C[C@@H]2C[C@H]1c1ncc(-c2ccc(-c3cc4cc(-c5cnc([C@@H]6C[C@H]7C[C@@]7(N)N6C)[nH]5)ccc4o3)cc2)[nH]1.COC(N)=O.O=CCC1CCOCC1.O=CCC1CCOCC1.O=CO. The van der Waals surface area contributed by atoms with Crippen LogP contribution in [0.3, 0.4) is 0 Å². The molecular weight excluding hydrogens is 895 g/mol. The van der Waals surface area contributed by atoms with E-state index in [1.807, 2.05) is 32.3 Å². The van der Waals surface area contributed by atoms with Crippen molar-refractivity contribution < 1.29 is 42.9 Å². The van der Waals surface area contributed by atoms with Gasteiger partial charge in [0.1, 0.15) is 35.6 Å². The molecule has 5 aromatic rings. The number of carbonyl (C=O) groups is 4. The average Bonchev–Trinajstić information content (AvgIpc) is 3.79. The quantitative estimate of drug-likeness (QED) is 0.0772. The number of aldehydes is 2. The van der Waals surface area contributed by atoms with E-state index in [-0.39, 0.29) is 18.2 Å². The number of amides is 1. The van der Waals surface area contributed by atoms with Crippen molar-refractivity contribution in [3.63, 3.8) is 0 Å². The monoisotopic (exact) mass is 970 g/mol. The molecule has 0 bridgehead atoms. The summed E-state index contributed by atoms with van der Waals surface area (Å²) in [5.41, 5.74) is 21.5. The van der Waals surface area contributed by atoms with Gasteiger partial charge in [-0.2, -0.15) is 0 Å². The maximum atomic E-state index is 10.0. The number of rotatable bonds is 9. The molecule has 6 fully saturated rings. The number of aromatic nitrogens is 4. The summed E-state index contributed by atoms with van der Waals surface area (Å²) in [6.07, 6.45) is 15.6. The first-order valence-corrected chi connectivity index (χ1v) is 24.5. The van der Waals surface area contributed by atoms with Crippen molar-refractivity contribution in [3.05, 3.63) is 72.6 Å². The first-order valence-electron chi connectivity index (χ1n) is 24.5. The lowest BCUT2D eigenvalue weighted by molar-refractivity contribution is -0.123. The number of nitrogens with one attached hydrogen (secondary N) is 2. The molecule has 11 rings (SSSR count). The first kappa shape index (κ1) is 55.2. The predicted molar refractivity (Wildman–Crippen MR) is 269 cm³/mol. The van der Waals surface area contributed by atoms with E-state index in [1.165, 1.54) is 27.0 Å². The Labute approximate surface area is 411 Å². The Morgan fingerprint density at radius 3 is 1.77 bits per heavy atom. The normalized spacial score (nSPS) is 24.2. The largest absolute Gasteiger partial charge is 0.483 e. The minimum absolute atomic E-state index is 0.129. The van der Waals surface area contributed by atoms with Gasteiger partial charge in [0.15, 0.2) is 0 Å². The minimum atomic E-state index is -0.745. The van der Waals surface area contributed by atoms with E-state index < -0.39 is 6.09 Å². The van der Waals surface area contributed by atoms with Crippen molar-refractivity contribution in [2.75, 3.05) is 54.7 Å². The van der Waals surface area contributed by atoms with Crippen LogP contribution >= 0.6 is 0 Å². The van der Waals surface area contributed by atoms with Crippen LogP contribution < -0.4 is 17.2 Å². The average molecular weight is 970 g/mol. The molecule has 70 heavy (non-hydrogen) atoms. The Morgan fingerprint density at radius 1 is 0.800 bits per heavy atom. The molecule has 0 unspecified atom stereocenters. The molecular formula is C52H75N9O9. The molecule has 7 heterocycles. The summed E-state index contributed by atoms with van der Waals surface area (Å²) < 4.78 is 20.4. The van der Waals surface area contributed by atoms with Crippen LogP contribution in [0.1, 0.15) is 102 Å². The van der Waals surface area contributed by atoms with Crippen molar-refractivity contribution >= 4 is 36.1 Å². The summed E-state index contributed by atoms with van der Waals surface area (Å²) in [5, 5.41) is 7.96. The molecule has 3 aromatic heterocycles. The van der Waals surface area contributed by atoms with Gasteiger partial charge in [-0.25, -0.2) is 14.8 Å². The van der Waals surface area contributed by atoms with Gasteiger partial charge in [-0.3, -0.25) is 14.6 Å². The van der Waals surface area contributed by atoms with Gasteiger partial charge >= 0.3 is 6.09 Å². The van der Waals surface area contributed by atoms with Crippen molar-refractivity contribution in [1.29, 1.82) is 0 Å². The molecule has 4 saturated heterocycles. The van der Waals surface area contributed by atoms with Crippen molar-refractivity contribution in [3.8, 4) is 33.8 Å². The zero-order chi connectivity index (χ0) is 50.8. The van der Waals surface area contributed by atoms with E-state index >= 15 is 0 Å². The number of primary amides is 1. The number of nitrogens with two attached hydrogens (primary N) is 3. The Kier molecular flexibility index (Phi) is 21.3. The minimum Gasteiger partial charge on any atom is -0.483 e. The molecule has 18 nitrogen and oxygen atoms in total. The first-order chi connectivity index (χ1) is 34.0. The Morgan fingerprint density at radius 2 is 1.30 bits per heavy atom. The number of fused-ring (bicyclic) bond motifs is 3. The second kappa shape index (κ2) is 27.0. The molecule has 2 aromatic carbocycles. The Balaban J connectivity index is 0.000000249. The number of furan rings is 1. The highest BCUT2D eigenvalue weighted by molar-refractivity contribution is 5.87. The molecule has 2 aliphatic carbocycles. The van der Waals surface area contributed by atoms with Gasteiger partial charge in [-0.1, -0.05) is 38.1 Å². The number of hydrogen-bond donors (Lipinski definition) is 6. The van der Waals surface area contributed by atoms with Crippen LogP contribution in [0.2, 0.25) is 0 Å². The lowest BCUT2D eigenvalue weighted by atomic mass is 9.98. The van der Waals surface area contributed by atoms with Crippen molar-refractivity contribution in [2.24, 2.45) is 40.9 Å². The predicted octanol–water partition coefficient (Wildman–Crippen LogP) is 7.71. The number of piperidine rings is 2. The summed E-state index contributed by atoms with van der Waals surface area (Å²) in [6, 6.07) is 18.4. The fourth-order valence-electron chi connectivity index (χ4n) is 9.75. The number of carboxylic acid groups (broad SMARTS) is 1. The highest BCUT2D eigenvalue weighted by Crippen LogP contribution is 2.57. The smallest absolute Gasteiger partial charge is 0.404 e. The maximum absolute atomic E-state index is 10.0. The third kappa shape index (κ3) is 14.2. The third-order valence-corrected chi connectivity index (χ3v) is 14.1. The second-order valence-corrected chi connectivity index (χ2v) is 18.1. The summed E-state index contributed by atoms with van der Waals surface area (Å²) >= 11 is 0. The number of benzene rings is 2. The van der Waals surface area contributed by atoms with Crippen LogP contribution in [0.4, 0.5) is 4.79 Å². The van der Waals surface area contributed by atoms with Crippen LogP contribution in [0.25, 0.3) is 44.8 Å². The molecule has 0 radical (unpaired) electrons. The number of H-pyrrole nitrogens is 2. The third-order valence-electron chi connectivity index (χ3n) is 14.1. The number of imidazole rings is 2. The molecule has 4 aliphatic heterocycles. The number of hydrogen-bond acceptors (Lipinski definition) is 14. The maximum Gasteiger partial charge on any atom is 0.404 e. The van der Waals surface area contributed by atoms with E-state index in [9.17, 15) is 14.4 Å². The topological polar surface area (TPSA) is 271 Å². The number of nitrogens with zero attached hydrogens (tertiary/aromatic N) is 4. The summed E-state index contributed by atoms with van der Waals surface area (Å²) in [7, 11) is 7.08. The van der Waals surface area contributed by atoms with E-state index in [0.717, 1.165) is 159 Å². The number of aromatic amines is 2. The zero-order valence-corrected chi connectivity index (χ0v) is 41.7. The Bertz CT molecular complexity index is 2350. The van der Waals surface area contributed by atoms with Crippen LogP contribution in [-0.2, 0) is 28.6 Å². The Hall–Kier alpha value is -5.76. The van der Waals surface area contributed by atoms with Gasteiger partial charge in [-0.05, 0) is 126 Å². The molecule has 6 atom stereocenters. The fraction of sp³-hybridized carbons (Fsp3) is 0.538. The van der Waals surface area contributed by atoms with Crippen LogP contribution in [0, 0.1) is 23.7 Å². The highest BCUT2D eigenvalue weighted by Gasteiger charge is 2.62. The summed E-state index contributed by atoms with van der Waals surface area (Å²) in [4.78, 5) is 59.2. The van der Waals surface area contributed by atoms with Crippen LogP contribution in [0.5, 0.6) is 0 Å². The van der Waals surface area contributed by atoms with Gasteiger partial charge in [0, 0.05) is 61.8 Å². The standard InChI is InChI=1S/C32H33N7O.2C7H12O2.C2H5NO2.C2H6.CH5N.CH2O2/c1-38-25-10-20(25)11-26(38)30-34-15-23(36-30)17-3-5-18(6-4-17)29-12-21-9-19(7-8-28(21)40-29)24-16-35-31(37-24)27-13-22-14-32(22,33)39(27)2;2*8-4-1-7-2-5-9-6-3-7;1-5-2(3)4;2*1-2;2-1-3/h3-9,12,15-16,20,22,25-27H,10-11,13-14,33H2,1-2H3,(H,34,36)(H,35,37);2*4,7H,1-3,5-6H2;1H3,(H2,3,4);1-2H3;2H2,1H3;1H,(H,2,3)/t20-,22+,25-,26+,27+,32-;;;;;;/m1....../s1. The molecule has 382 valence electrons. The summed E-state index contributed by atoms with van der Waals surface area (Å²) in [5.74, 6) is 5.62. The second-order valence-electron chi connectivity index (χ2n) is 18.1. The van der Waals surface area contributed by atoms with Gasteiger partial charge in [0.05, 0.1) is 48.6 Å². The molecule has 9 N–H and O–H groups in total. The zero-order valence-electron chi connectivity index (χ0n) is 41.7. The number of ether oxygens (including phenoxy) is 3. The van der Waals surface area contributed by atoms with Crippen LogP contribution in [-0.4, -0.2) is 126 Å². The van der Waals surface area contributed by atoms with E-state index in [4.69, 9.17) is 39.5 Å². The van der Waals surface area contributed by atoms with Gasteiger partial charge in [-0.15, -0.1) is 0 Å². The van der Waals surface area contributed by atoms with E-state index in [0.29, 0.717) is 23.8 Å². The number of likely N-dealkylation sites (tertiary alicyclic amines) is 2. The highest BCUT2D eigenvalue weighted by atomic mass is 16.5. The van der Waals surface area contributed by atoms with Crippen molar-refractivity contribution in [2.45, 2.75) is 102 Å². The summed E-state index contributed by atoms with van der Waals surface area (Å²) in [6.45, 7) is 7.13. The number of carbonyl (C=O) groups excluding carboxylic acids is 3. The molecule has 6 aliphatic rings. The molecule has 1 amide bonds.